The van der Waals surface area contributed by atoms with E-state index < -0.39 is 0 Å². The van der Waals surface area contributed by atoms with E-state index in [1.807, 2.05) is 13.1 Å². The summed E-state index contributed by atoms with van der Waals surface area (Å²) in [6.45, 7) is 3.96. The standard InChI is InChI=1S/C9H16N4/c1-8(5-10-2)11-6-9-3-4-12-13-7-9/h3-4,7-8,10-11H,5-6H2,1-2H3. The Balaban J connectivity index is 2.27. The van der Waals surface area contributed by atoms with Crippen LogP contribution in [0, 0.1) is 0 Å². The number of nitrogens with zero attached hydrogens (tertiary/aromatic N) is 2. The highest BCUT2D eigenvalue weighted by Gasteiger charge is 1.98. The topological polar surface area (TPSA) is 49.8 Å². The van der Waals surface area contributed by atoms with Crippen molar-refractivity contribution in [1.82, 2.24) is 20.8 Å². The van der Waals surface area contributed by atoms with Crippen molar-refractivity contribution in [3.05, 3.63) is 24.0 Å². The van der Waals surface area contributed by atoms with E-state index in [4.69, 9.17) is 0 Å². The minimum absolute atomic E-state index is 0.471. The molecule has 0 aromatic carbocycles. The average Bonchev–Trinajstić information content (AvgIpc) is 2.17. The zero-order valence-corrected chi connectivity index (χ0v) is 8.12. The number of likely N-dealkylation sites (N-methyl/N-ethyl adjacent to an activating group) is 1. The number of nitrogens with one attached hydrogen (secondary N) is 2. The van der Waals surface area contributed by atoms with Gasteiger partial charge < -0.3 is 10.6 Å². The van der Waals surface area contributed by atoms with Gasteiger partial charge in [0.1, 0.15) is 0 Å². The molecule has 1 atom stereocenters. The molecular weight excluding hydrogens is 164 g/mol. The van der Waals surface area contributed by atoms with Gasteiger partial charge in [-0.05, 0) is 25.6 Å². The van der Waals surface area contributed by atoms with Crippen molar-refractivity contribution in [2.45, 2.75) is 19.5 Å². The Hall–Kier alpha value is -1.00. The lowest BCUT2D eigenvalue weighted by atomic mass is 10.2. The first kappa shape index (κ1) is 10.1. The van der Waals surface area contributed by atoms with Gasteiger partial charge >= 0.3 is 0 Å². The van der Waals surface area contributed by atoms with E-state index in [-0.39, 0.29) is 0 Å². The van der Waals surface area contributed by atoms with Crippen molar-refractivity contribution in [2.24, 2.45) is 0 Å². The van der Waals surface area contributed by atoms with Crippen LogP contribution in [0.25, 0.3) is 0 Å². The first-order valence-electron chi connectivity index (χ1n) is 4.46. The minimum atomic E-state index is 0.471. The van der Waals surface area contributed by atoms with Crippen molar-refractivity contribution in [1.29, 1.82) is 0 Å². The molecule has 72 valence electrons. The lowest BCUT2D eigenvalue weighted by molar-refractivity contribution is 0.522. The van der Waals surface area contributed by atoms with Crippen molar-refractivity contribution in [2.75, 3.05) is 13.6 Å². The van der Waals surface area contributed by atoms with Gasteiger partial charge in [-0.1, -0.05) is 0 Å². The zero-order chi connectivity index (χ0) is 9.52. The van der Waals surface area contributed by atoms with Gasteiger partial charge in [0.25, 0.3) is 0 Å². The number of aromatic nitrogens is 2. The molecular formula is C9H16N4. The molecule has 2 N–H and O–H groups in total. The third kappa shape index (κ3) is 3.96. The Bertz CT molecular complexity index is 224. The third-order valence-corrected chi connectivity index (χ3v) is 1.81. The molecule has 1 aromatic heterocycles. The highest BCUT2D eigenvalue weighted by molar-refractivity contribution is 5.04. The molecule has 1 heterocycles. The summed E-state index contributed by atoms with van der Waals surface area (Å²) in [5.41, 5.74) is 1.16. The quantitative estimate of drug-likeness (QED) is 0.678. The van der Waals surface area contributed by atoms with E-state index in [0.29, 0.717) is 6.04 Å². The van der Waals surface area contributed by atoms with Crippen LogP contribution in [0.1, 0.15) is 12.5 Å². The van der Waals surface area contributed by atoms with Gasteiger partial charge in [-0.2, -0.15) is 10.2 Å². The predicted octanol–water partition coefficient (Wildman–Crippen LogP) is 0.174. The molecule has 0 radical (unpaired) electrons. The monoisotopic (exact) mass is 180 g/mol. The number of hydrogen-bond acceptors (Lipinski definition) is 4. The van der Waals surface area contributed by atoms with Gasteiger partial charge in [0.05, 0.1) is 6.20 Å². The van der Waals surface area contributed by atoms with Crippen molar-refractivity contribution in [3.8, 4) is 0 Å². The summed E-state index contributed by atoms with van der Waals surface area (Å²) in [4.78, 5) is 0. The molecule has 0 saturated heterocycles. The molecule has 4 heteroatoms. The van der Waals surface area contributed by atoms with Gasteiger partial charge in [0, 0.05) is 25.3 Å². The van der Waals surface area contributed by atoms with Crippen LogP contribution in [-0.2, 0) is 6.54 Å². The largest absolute Gasteiger partial charge is 0.318 e. The summed E-state index contributed by atoms with van der Waals surface area (Å²) >= 11 is 0. The Morgan fingerprint density at radius 3 is 2.92 bits per heavy atom. The van der Waals surface area contributed by atoms with Crippen LogP contribution in [0.15, 0.2) is 18.5 Å². The van der Waals surface area contributed by atoms with Gasteiger partial charge in [0.2, 0.25) is 0 Å². The fraction of sp³-hybridized carbons (Fsp3) is 0.556. The lowest BCUT2D eigenvalue weighted by Crippen LogP contribution is -2.34. The molecule has 0 aliphatic heterocycles. The van der Waals surface area contributed by atoms with Crippen LogP contribution in [0.3, 0.4) is 0 Å². The normalized spacial score (nSPS) is 12.8. The molecule has 0 saturated carbocycles. The molecule has 0 spiro atoms. The minimum Gasteiger partial charge on any atom is -0.318 e. The van der Waals surface area contributed by atoms with Crippen molar-refractivity contribution >= 4 is 0 Å². The maximum absolute atomic E-state index is 3.80. The highest BCUT2D eigenvalue weighted by Crippen LogP contribution is 1.93. The summed E-state index contributed by atoms with van der Waals surface area (Å²) in [5.74, 6) is 0. The molecule has 1 aromatic rings. The van der Waals surface area contributed by atoms with E-state index in [2.05, 4.69) is 27.8 Å². The number of rotatable bonds is 5. The van der Waals surface area contributed by atoms with Crippen LogP contribution < -0.4 is 10.6 Å². The van der Waals surface area contributed by atoms with Crippen molar-refractivity contribution < 1.29 is 0 Å². The first-order chi connectivity index (χ1) is 6.33. The fourth-order valence-corrected chi connectivity index (χ4v) is 1.09. The molecule has 0 amide bonds. The number of hydrogen-bond donors (Lipinski definition) is 2. The van der Waals surface area contributed by atoms with E-state index in [1.54, 1.807) is 12.4 Å². The fourth-order valence-electron chi connectivity index (χ4n) is 1.09. The molecule has 1 unspecified atom stereocenters. The van der Waals surface area contributed by atoms with E-state index in [1.165, 1.54) is 0 Å². The Kier molecular flexibility index (Phi) is 4.35. The smallest absolute Gasteiger partial charge is 0.0541 e. The van der Waals surface area contributed by atoms with Crippen LogP contribution in [0.5, 0.6) is 0 Å². The predicted molar refractivity (Wildman–Crippen MR) is 52.3 cm³/mol. The lowest BCUT2D eigenvalue weighted by Gasteiger charge is -2.12. The van der Waals surface area contributed by atoms with Gasteiger partial charge in [-0.3, -0.25) is 0 Å². The highest BCUT2D eigenvalue weighted by atomic mass is 15.1. The molecule has 0 bridgehead atoms. The Morgan fingerprint density at radius 1 is 1.46 bits per heavy atom. The Morgan fingerprint density at radius 2 is 2.31 bits per heavy atom. The first-order valence-corrected chi connectivity index (χ1v) is 4.46. The SMILES string of the molecule is CNCC(C)NCc1ccnnc1. The summed E-state index contributed by atoms with van der Waals surface area (Å²) in [7, 11) is 1.95. The molecule has 0 fully saturated rings. The molecule has 0 aliphatic carbocycles. The average molecular weight is 180 g/mol. The molecule has 0 aliphatic rings. The van der Waals surface area contributed by atoms with E-state index >= 15 is 0 Å². The van der Waals surface area contributed by atoms with Gasteiger partial charge in [-0.15, -0.1) is 0 Å². The van der Waals surface area contributed by atoms with Crippen LogP contribution in [0.4, 0.5) is 0 Å². The second-order valence-electron chi connectivity index (χ2n) is 3.09. The van der Waals surface area contributed by atoms with Gasteiger partial charge in [-0.25, -0.2) is 0 Å². The molecule has 1 rings (SSSR count). The maximum atomic E-state index is 3.80. The van der Waals surface area contributed by atoms with E-state index in [0.717, 1.165) is 18.7 Å². The molecule has 13 heavy (non-hydrogen) atoms. The second kappa shape index (κ2) is 5.61. The second-order valence-corrected chi connectivity index (χ2v) is 3.09. The Labute approximate surface area is 78.8 Å². The molecule has 4 nitrogen and oxygen atoms in total. The van der Waals surface area contributed by atoms with Gasteiger partial charge in [0.15, 0.2) is 0 Å². The van der Waals surface area contributed by atoms with Crippen LogP contribution in [-0.4, -0.2) is 29.8 Å². The maximum Gasteiger partial charge on any atom is 0.0541 e. The van der Waals surface area contributed by atoms with E-state index in [9.17, 15) is 0 Å². The van der Waals surface area contributed by atoms with Crippen molar-refractivity contribution in [3.63, 3.8) is 0 Å². The van der Waals surface area contributed by atoms with Crippen LogP contribution >= 0.6 is 0 Å². The third-order valence-electron chi connectivity index (χ3n) is 1.81. The van der Waals surface area contributed by atoms with Crippen LogP contribution in [0.2, 0.25) is 0 Å². The summed E-state index contributed by atoms with van der Waals surface area (Å²) in [5, 5.41) is 14.0. The zero-order valence-electron chi connectivity index (χ0n) is 8.12. The summed E-state index contributed by atoms with van der Waals surface area (Å²) in [6.07, 6.45) is 3.48. The summed E-state index contributed by atoms with van der Waals surface area (Å²) < 4.78 is 0. The summed E-state index contributed by atoms with van der Waals surface area (Å²) in [6, 6.07) is 2.43.